The van der Waals surface area contributed by atoms with Gasteiger partial charge in [0.1, 0.15) is 11.5 Å². The molecule has 20 heavy (non-hydrogen) atoms. The molecule has 2 aromatic rings. The van der Waals surface area contributed by atoms with Gasteiger partial charge in [0.2, 0.25) is 5.89 Å². The predicted octanol–water partition coefficient (Wildman–Crippen LogP) is 2.60. The molecule has 108 valence electrons. The summed E-state index contributed by atoms with van der Waals surface area (Å²) in [4.78, 5) is 8.78. The van der Waals surface area contributed by atoms with E-state index in [1.165, 1.54) is 0 Å². The maximum atomic E-state index is 5.53. The van der Waals surface area contributed by atoms with E-state index in [1.807, 2.05) is 33.9 Å². The highest BCUT2D eigenvalue weighted by atomic mass is 16.5. The minimum atomic E-state index is 0.589. The molecule has 0 unspecified atom stereocenters. The molecule has 2 aromatic heterocycles. The minimum absolute atomic E-state index is 0.589. The van der Waals surface area contributed by atoms with E-state index in [4.69, 9.17) is 9.15 Å². The maximum absolute atomic E-state index is 5.53. The Balaban J connectivity index is 2.01. The molecule has 1 N–H and O–H groups in total. The summed E-state index contributed by atoms with van der Waals surface area (Å²) >= 11 is 0. The molecule has 0 aromatic carbocycles. The van der Waals surface area contributed by atoms with Gasteiger partial charge in [-0.3, -0.25) is 4.98 Å². The van der Waals surface area contributed by atoms with Crippen molar-refractivity contribution in [1.29, 1.82) is 0 Å². The molecular weight excluding hydrogens is 254 g/mol. The van der Waals surface area contributed by atoms with Crippen LogP contribution in [0.4, 0.5) is 0 Å². The van der Waals surface area contributed by atoms with Crippen LogP contribution in [0.25, 0.3) is 0 Å². The Morgan fingerprint density at radius 2 is 1.95 bits per heavy atom. The van der Waals surface area contributed by atoms with E-state index in [9.17, 15) is 0 Å². The number of nitrogens with zero attached hydrogens (tertiary/aromatic N) is 2. The standard InChI is InChI=1S/C15H21N3O2/c1-9-6-17-13(10(2)15(9)19-5)7-16-8-14-18-11(3)12(4)20-14/h6,16H,7-8H2,1-5H3. The van der Waals surface area contributed by atoms with Crippen LogP contribution in [0, 0.1) is 27.7 Å². The zero-order chi connectivity index (χ0) is 14.7. The third-order valence-corrected chi connectivity index (χ3v) is 3.39. The zero-order valence-corrected chi connectivity index (χ0v) is 12.7. The Morgan fingerprint density at radius 3 is 2.55 bits per heavy atom. The summed E-state index contributed by atoms with van der Waals surface area (Å²) in [5.74, 6) is 2.48. The van der Waals surface area contributed by atoms with Crippen molar-refractivity contribution < 1.29 is 9.15 Å². The summed E-state index contributed by atoms with van der Waals surface area (Å²) in [6.07, 6.45) is 1.84. The lowest BCUT2D eigenvalue weighted by Gasteiger charge is -2.12. The Hall–Kier alpha value is -1.88. The molecule has 0 amide bonds. The molecule has 0 saturated heterocycles. The van der Waals surface area contributed by atoms with Crippen LogP contribution in [-0.4, -0.2) is 17.1 Å². The van der Waals surface area contributed by atoms with Gasteiger partial charge in [-0.15, -0.1) is 0 Å². The fraction of sp³-hybridized carbons (Fsp3) is 0.467. The van der Waals surface area contributed by atoms with Crippen molar-refractivity contribution in [3.05, 3.63) is 40.4 Å². The second kappa shape index (κ2) is 6.05. The molecule has 0 saturated carbocycles. The number of rotatable bonds is 5. The summed E-state index contributed by atoms with van der Waals surface area (Å²) in [5, 5.41) is 3.30. The Labute approximate surface area is 119 Å². The Bertz CT molecular complexity index is 586. The number of methoxy groups -OCH3 is 1. The highest BCUT2D eigenvalue weighted by Gasteiger charge is 2.10. The van der Waals surface area contributed by atoms with Crippen LogP contribution in [0.3, 0.4) is 0 Å². The van der Waals surface area contributed by atoms with Crippen molar-refractivity contribution in [2.24, 2.45) is 0 Å². The van der Waals surface area contributed by atoms with Crippen LogP contribution in [0.5, 0.6) is 5.75 Å². The lowest BCUT2D eigenvalue weighted by molar-refractivity contribution is 0.406. The number of pyridine rings is 1. The van der Waals surface area contributed by atoms with Gasteiger partial charge in [0.25, 0.3) is 0 Å². The summed E-state index contributed by atoms with van der Waals surface area (Å²) in [5.41, 5.74) is 4.04. The zero-order valence-electron chi connectivity index (χ0n) is 12.7. The van der Waals surface area contributed by atoms with Gasteiger partial charge in [-0.05, 0) is 27.7 Å². The van der Waals surface area contributed by atoms with Gasteiger partial charge < -0.3 is 14.5 Å². The van der Waals surface area contributed by atoms with Gasteiger partial charge in [-0.25, -0.2) is 4.98 Å². The molecule has 0 spiro atoms. The van der Waals surface area contributed by atoms with E-state index in [1.54, 1.807) is 7.11 Å². The van der Waals surface area contributed by atoms with Crippen LogP contribution >= 0.6 is 0 Å². The SMILES string of the molecule is COc1c(C)cnc(CNCc2nc(C)c(C)o2)c1C. The predicted molar refractivity (Wildman–Crippen MR) is 76.8 cm³/mol. The number of hydrogen-bond acceptors (Lipinski definition) is 5. The number of oxazole rings is 1. The van der Waals surface area contributed by atoms with Gasteiger partial charge in [-0.1, -0.05) is 0 Å². The van der Waals surface area contributed by atoms with Crippen molar-refractivity contribution in [1.82, 2.24) is 15.3 Å². The van der Waals surface area contributed by atoms with Gasteiger partial charge in [0.15, 0.2) is 0 Å². The maximum Gasteiger partial charge on any atom is 0.208 e. The molecule has 0 bridgehead atoms. The number of aryl methyl sites for hydroxylation is 3. The van der Waals surface area contributed by atoms with Crippen molar-refractivity contribution in [3.8, 4) is 5.75 Å². The molecule has 0 aliphatic heterocycles. The van der Waals surface area contributed by atoms with Crippen molar-refractivity contribution >= 4 is 0 Å². The minimum Gasteiger partial charge on any atom is -0.496 e. The third-order valence-electron chi connectivity index (χ3n) is 3.39. The molecule has 0 radical (unpaired) electrons. The monoisotopic (exact) mass is 275 g/mol. The smallest absolute Gasteiger partial charge is 0.208 e. The van der Waals surface area contributed by atoms with E-state index in [0.717, 1.165) is 34.0 Å². The highest BCUT2D eigenvalue weighted by molar-refractivity contribution is 5.40. The first-order valence-corrected chi connectivity index (χ1v) is 6.65. The first kappa shape index (κ1) is 14.5. The van der Waals surface area contributed by atoms with E-state index in [-0.39, 0.29) is 0 Å². The molecule has 0 atom stereocenters. The summed E-state index contributed by atoms with van der Waals surface area (Å²) in [6, 6.07) is 0. The normalized spacial score (nSPS) is 10.8. The molecule has 2 rings (SSSR count). The second-order valence-corrected chi connectivity index (χ2v) is 4.90. The van der Waals surface area contributed by atoms with E-state index in [2.05, 4.69) is 15.3 Å². The van der Waals surface area contributed by atoms with Gasteiger partial charge in [-0.2, -0.15) is 0 Å². The highest BCUT2D eigenvalue weighted by Crippen LogP contribution is 2.23. The first-order valence-electron chi connectivity index (χ1n) is 6.65. The molecule has 5 heteroatoms. The van der Waals surface area contributed by atoms with Crippen LogP contribution in [0.1, 0.15) is 34.2 Å². The number of aromatic nitrogens is 2. The molecule has 5 nitrogen and oxygen atoms in total. The van der Waals surface area contributed by atoms with Crippen LogP contribution in [0.15, 0.2) is 10.6 Å². The Kier molecular flexibility index (Phi) is 4.39. The summed E-state index contributed by atoms with van der Waals surface area (Å²) in [6.45, 7) is 9.12. The van der Waals surface area contributed by atoms with Crippen LogP contribution in [-0.2, 0) is 13.1 Å². The van der Waals surface area contributed by atoms with Crippen molar-refractivity contribution in [2.45, 2.75) is 40.8 Å². The van der Waals surface area contributed by atoms with Gasteiger partial charge in [0, 0.05) is 23.9 Å². The molecule has 0 fully saturated rings. The Morgan fingerprint density at radius 1 is 1.20 bits per heavy atom. The number of hydrogen-bond donors (Lipinski definition) is 1. The average Bonchev–Trinajstić information content (AvgIpc) is 2.72. The fourth-order valence-electron chi connectivity index (χ4n) is 2.15. The largest absolute Gasteiger partial charge is 0.496 e. The molecule has 0 aliphatic carbocycles. The summed E-state index contributed by atoms with van der Waals surface area (Å²) in [7, 11) is 1.69. The lowest BCUT2D eigenvalue weighted by atomic mass is 10.1. The second-order valence-electron chi connectivity index (χ2n) is 4.90. The van der Waals surface area contributed by atoms with E-state index in [0.29, 0.717) is 19.0 Å². The average molecular weight is 275 g/mol. The van der Waals surface area contributed by atoms with Crippen molar-refractivity contribution in [3.63, 3.8) is 0 Å². The molecule has 0 aliphatic rings. The number of ether oxygens (including phenoxy) is 1. The fourth-order valence-corrected chi connectivity index (χ4v) is 2.15. The van der Waals surface area contributed by atoms with Crippen molar-refractivity contribution in [2.75, 3.05) is 7.11 Å². The quantitative estimate of drug-likeness (QED) is 0.909. The third kappa shape index (κ3) is 2.99. The summed E-state index contributed by atoms with van der Waals surface area (Å²) < 4.78 is 10.9. The topological polar surface area (TPSA) is 60.2 Å². The van der Waals surface area contributed by atoms with Crippen LogP contribution < -0.4 is 10.1 Å². The van der Waals surface area contributed by atoms with Crippen LogP contribution in [0.2, 0.25) is 0 Å². The van der Waals surface area contributed by atoms with E-state index < -0.39 is 0 Å². The van der Waals surface area contributed by atoms with Gasteiger partial charge in [0.05, 0.1) is 25.0 Å². The number of nitrogens with one attached hydrogen (secondary N) is 1. The van der Waals surface area contributed by atoms with Gasteiger partial charge >= 0.3 is 0 Å². The first-order chi connectivity index (χ1) is 9.52. The molecular formula is C15H21N3O2. The molecule has 2 heterocycles. The lowest BCUT2D eigenvalue weighted by Crippen LogP contribution is -2.15. The van der Waals surface area contributed by atoms with E-state index >= 15 is 0 Å².